The minimum atomic E-state index is -0.214. The molecule has 0 aliphatic heterocycles. The summed E-state index contributed by atoms with van der Waals surface area (Å²) >= 11 is 3.31. The van der Waals surface area contributed by atoms with E-state index < -0.39 is 0 Å². The molecule has 0 saturated carbocycles. The van der Waals surface area contributed by atoms with E-state index in [9.17, 15) is 4.39 Å². The number of hydrogen-bond acceptors (Lipinski definition) is 1. The number of aryl methyl sites for hydroxylation is 1. The predicted molar refractivity (Wildman–Crippen MR) is 57.2 cm³/mol. The van der Waals surface area contributed by atoms with Crippen molar-refractivity contribution >= 4 is 21.4 Å². The van der Waals surface area contributed by atoms with Gasteiger partial charge in [-0.05, 0) is 12.1 Å². The molecule has 2 heterocycles. The Bertz CT molecular complexity index is 464. The lowest BCUT2D eigenvalue weighted by Gasteiger charge is -1.98. The lowest BCUT2D eigenvalue weighted by molar-refractivity contribution is 0.632. The maximum absolute atomic E-state index is 13.5. The van der Waals surface area contributed by atoms with Crippen LogP contribution in [0.1, 0.15) is 18.4 Å². The first kappa shape index (κ1) is 9.65. The average Bonchev–Trinajstić information content (AvgIpc) is 2.57. The van der Waals surface area contributed by atoms with Gasteiger partial charge in [-0.25, -0.2) is 9.37 Å². The van der Waals surface area contributed by atoms with Gasteiger partial charge in [0.15, 0.2) is 0 Å². The Morgan fingerprint density at radius 1 is 1.57 bits per heavy atom. The molecule has 0 aliphatic carbocycles. The quantitative estimate of drug-likeness (QED) is 0.756. The fourth-order valence-corrected chi connectivity index (χ4v) is 1.97. The summed E-state index contributed by atoms with van der Waals surface area (Å²) < 4.78 is 15.3. The summed E-state index contributed by atoms with van der Waals surface area (Å²) in [5.41, 5.74) is 1.35. The highest BCUT2D eigenvalue weighted by Gasteiger charge is 2.11. The molecular formula is C10H10BrFN2. The lowest BCUT2D eigenvalue weighted by Crippen LogP contribution is -1.92. The van der Waals surface area contributed by atoms with Crippen LogP contribution in [0.3, 0.4) is 0 Å². The van der Waals surface area contributed by atoms with Gasteiger partial charge in [-0.15, -0.1) is 0 Å². The Balaban J connectivity index is 2.82. The van der Waals surface area contributed by atoms with E-state index in [0.29, 0.717) is 10.8 Å². The van der Waals surface area contributed by atoms with Gasteiger partial charge in [0.1, 0.15) is 17.2 Å². The maximum atomic E-state index is 13.5. The highest BCUT2D eigenvalue weighted by atomic mass is 79.9. The van der Waals surface area contributed by atoms with Crippen molar-refractivity contribution in [2.24, 2.45) is 0 Å². The number of halogens is 2. The Labute approximate surface area is 89.9 Å². The fourth-order valence-electron chi connectivity index (χ4n) is 1.58. The second-order valence-electron chi connectivity index (χ2n) is 3.04. The molecular weight excluding hydrogens is 247 g/mol. The summed E-state index contributed by atoms with van der Waals surface area (Å²) in [6.45, 7) is 2.01. The second kappa shape index (κ2) is 3.69. The number of imidazole rings is 1. The SMILES string of the molecule is CCc1nc(CBr)c2c(F)cccn12. The van der Waals surface area contributed by atoms with Crippen LogP contribution in [-0.2, 0) is 11.8 Å². The van der Waals surface area contributed by atoms with Gasteiger partial charge in [0.25, 0.3) is 0 Å². The van der Waals surface area contributed by atoms with E-state index in [-0.39, 0.29) is 5.82 Å². The first-order chi connectivity index (χ1) is 6.77. The molecule has 74 valence electrons. The normalized spacial score (nSPS) is 11.1. The number of rotatable bonds is 2. The van der Waals surface area contributed by atoms with Crippen molar-refractivity contribution < 1.29 is 4.39 Å². The molecule has 0 unspecified atom stereocenters. The van der Waals surface area contributed by atoms with Crippen LogP contribution in [0.4, 0.5) is 4.39 Å². The van der Waals surface area contributed by atoms with E-state index in [2.05, 4.69) is 20.9 Å². The number of pyridine rings is 1. The van der Waals surface area contributed by atoms with E-state index in [0.717, 1.165) is 17.9 Å². The Hall–Kier alpha value is -0.900. The summed E-state index contributed by atoms with van der Waals surface area (Å²) in [7, 11) is 0. The van der Waals surface area contributed by atoms with Gasteiger partial charge in [-0.1, -0.05) is 22.9 Å². The number of alkyl halides is 1. The highest BCUT2D eigenvalue weighted by Crippen LogP contribution is 2.19. The van der Waals surface area contributed by atoms with Crippen LogP contribution in [0.5, 0.6) is 0 Å². The van der Waals surface area contributed by atoms with E-state index in [1.807, 2.05) is 17.5 Å². The molecule has 0 aromatic carbocycles. The summed E-state index contributed by atoms with van der Waals surface area (Å²) in [5.74, 6) is 0.683. The topological polar surface area (TPSA) is 17.3 Å². The Morgan fingerprint density at radius 2 is 2.36 bits per heavy atom. The Morgan fingerprint density at radius 3 is 3.00 bits per heavy atom. The smallest absolute Gasteiger partial charge is 0.149 e. The van der Waals surface area contributed by atoms with E-state index in [1.54, 1.807) is 6.07 Å². The molecule has 0 radical (unpaired) electrons. The zero-order valence-corrected chi connectivity index (χ0v) is 9.38. The molecule has 0 spiro atoms. The molecule has 0 N–H and O–H groups in total. The fraction of sp³-hybridized carbons (Fsp3) is 0.300. The molecule has 0 amide bonds. The summed E-state index contributed by atoms with van der Waals surface area (Å²) in [6.07, 6.45) is 2.65. The molecule has 2 aromatic heterocycles. The first-order valence-electron chi connectivity index (χ1n) is 4.48. The largest absolute Gasteiger partial charge is 0.301 e. The van der Waals surface area contributed by atoms with Gasteiger partial charge in [-0.2, -0.15) is 0 Å². The van der Waals surface area contributed by atoms with E-state index >= 15 is 0 Å². The van der Waals surface area contributed by atoms with Crippen LogP contribution in [0.25, 0.3) is 5.52 Å². The summed E-state index contributed by atoms with van der Waals surface area (Å²) in [4.78, 5) is 4.36. The maximum Gasteiger partial charge on any atom is 0.149 e. The minimum Gasteiger partial charge on any atom is -0.301 e. The van der Waals surface area contributed by atoms with Crippen LogP contribution >= 0.6 is 15.9 Å². The van der Waals surface area contributed by atoms with Crippen molar-refractivity contribution in [2.75, 3.05) is 0 Å². The average molecular weight is 257 g/mol. The third-order valence-electron chi connectivity index (χ3n) is 2.20. The van der Waals surface area contributed by atoms with Gasteiger partial charge in [0.05, 0.1) is 5.69 Å². The van der Waals surface area contributed by atoms with E-state index in [4.69, 9.17) is 0 Å². The number of nitrogens with zero attached hydrogens (tertiary/aromatic N) is 2. The highest BCUT2D eigenvalue weighted by molar-refractivity contribution is 9.08. The predicted octanol–water partition coefficient (Wildman–Crippen LogP) is 2.93. The van der Waals surface area contributed by atoms with Crippen molar-refractivity contribution in [3.8, 4) is 0 Å². The number of fused-ring (bicyclic) bond motifs is 1. The van der Waals surface area contributed by atoms with Crippen molar-refractivity contribution in [1.82, 2.24) is 9.38 Å². The minimum absolute atomic E-state index is 0.214. The molecule has 14 heavy (non-hydrogen) atoms. The van der Waals surface area contributed by atoms with Crippen LogP contribution in [0, 0.1) is 5.82 Å². The molecule has 2 rings (SSSR count). The molecule has 2 aromatic rings. The molecule has 0 saturated heterocycles. The summed E-state index contributed by atoms with van der Waals surface area (Å²) in [5, 5.41) is 0.581. The zero-order valence-electron chi connectivity index (χ0n) is 7.80. The number of aromatic nitrogens is 2. The molecule has 0 bridgehead atoms. The lowest BCUT2D eigenvalue weighted by atomic mass is 10.3. The molecule has 4 heteroatoms. The van der Waals surface area contributed by atoms with E-state index in [1.165, 1.54) is 6.07 Å². The van der Waals surface area contributed by atoms with Crippen LogP contribution in [0.15, 0.2) is 18.3 Å². The van der Waals surface area contributed by atoms with Crippen molar-refractivity contribution in [3.63, 3.8) is 0 Å². The van der Waals surface area contributed by atoms with Gasteiger partial charge in [-0.3, -0.25) is 0 Å². The van der Waals surface area contributed by atoms with Gasteiger partial charge in [0.2, 0.25) is 0 Å². The van der Waals surface area contributed by atoms with Gasteiger partial charge in [0, 0.05) is 17.9 Å². The van der Waals surface area contributed by atoms with Gasteiger partial charge >= 0.3 is 0 Å². The first-order valence-corrected chi connectivity index (χ1v) is 5.60. The molecule has 0 aliphatic rings. The zero-order chi connectivity index (χ0) is 10.1. The van der Waals surface area contributed by atoms with Crippen LogP contribution in [-0.4, -0.2) is 9.38 Å². The van der Waals surface area contributed by atoms with Crippen molar-refractivity contribution in [1.29, 1.82) is 0 Å². The standard InChI is InChI=1S/C10H10BrFN2/c1-2-9-13-8(6-11)10-7(12)4-3-5-14(9)10/h3-5H,2,6H2,1H3. The van der Waals surface area contributed by atoms with Crippen LogP contribution < -0.4 is 0 Å². The van der Waals surface area contributed by atoms with Crippen molar-refractivity contribution in [2.45, 2.75) is 18.7 Å². The third-order valence-corrected chi connectivity index (χ3v) is 2.73. The second-order valence-corrected chi connectivity index (χ2v) is 3.60. The third kappa shape index (κ3) is 1.34. The molecule has 2 nitrogen and oxygen atoms in total. The summed E-state index contributed by atoms with van der Waals surface area (Å²) in [6, 6.07) is 3.16. The van der Waals surface area contributed by atoms with Gasteiger partial charge < -0.3 is 4.40 Å². The Kier molecular flexibility index (Phi) is 2.54. The molecule has 0 atom stereocenters. The number of hydrogen-bond donors (Lipinski definition) is 0. The monoisotopic (exact) mass is 256 g/mol. The molecule has 0 fully saturated rings. The van der Waals surface area contributed by atoms with Crippen molar-refractivity contribution in [3.05, 3.63) is 35.7 Å². The van der Waals surface area contributed by atoms with Crippen LogP contribution in [0.2, 0.25) is 0 Å².